The molecule has 2 N–H and O–H groups in total. The summed E-state index contributed by atoms with van der Waals surface area (Å²) in [6.45, 7) is 2.16. The molecule has 1 aromatic rings. The Bertz CT molecular complexity index is 515. The fourth-order valence-corrected chi connectivity index (χ4v) is 2.77. The Morgan fingerprint density at radius 2 is 2.21 bits per heavy atom. The van der Waals surface area contributed by atoms with Gasteiger partial charge in [-0.25, -0.2) is 17.9 Å². The lowest BCUT2D eigenvalue weighted by Gasteiger charge is -2.15. The fraction of sp³-hybridized carbons (Fsp3) is 0.545. The maximum absolute atomic E-state index is 12.0. The number of carboxylic acid groups (broad SMARTS) is 1. The number of hydrogen-bond donors (Lipinski definition) is 2. The van der Waals surface area contributed by atoms with E-state index in [2.05, 4.69) is 4.72 Å². The average molecular weight is 291 g/mol. The SMILES string of the molecule is CCCC(COC)NS(=O)(=O)c1ccc(C(=O)O)o1. The first-order valence-corrected chi connectivity index (χ1v) is 7.23. The van der Waals surface area contributed by atoms with Crippen molar-refractivity contribution in [2.24, 2.45) is 0 Å². The molecular weight excluding hydrogens is 274 g/mol. The normalized spacial score (nSPS) is 13.4. The van der Waals surface area contributed by atoms with E-state index in [0.717, 1.165) is 18.6 Å². The zero-order valence-electron chi connectivity index (χ0n) is 10.8. The van der Waals surface area contributed by atoms with Gasteiger partial charge >= 0.3 is 5.97 Å². The van der Waals surface area contributed by atoms with Gasteiger partial charge in [0.1, 0.15) is 0 Å². The van der Waals surface area contributed by atoms with E-state index >= 15 is 0 Å². The van der Waals surface area contributed by atoms with Gasteiger partial charge in [-0.1, -0.05) is 13.3 Å². The standard InChI is InChI=1S/C11H17NO6S/c1-3-4-8(7-17-2)12-19(15,16)10-6-5-9(18-10)11(13)14/h5-6,8,12H,3-4,7H2,1-2H3,(H,13,14). The monoisotopic (exact) mass is 291 g/mol. The minimum atomic E-state index is -3.88. The van der Waals surface area contributed by atoms with Crippen LogP contribution in [0.5, 0.6) is 0 Å². The topological polar surface area (TPSA) is 106 Å². The third kappa shape index (κ3) is 4.34. The molecule has 1 aromatic heterocycles. The van der Waals surface area contributed by atoms with Gasteiger partial charge in [0.25, 0.3) is 10.0 Å². The molecule has 0 spiro atoms. The molecule has 1 unspecified atom stereocenters. The first-order valence-electron chi connectivity index (χ1n) is 5.75. The van der Waals surface area contributed by atoms with E-state index in [-0.39, 0.29) is 12.6 Å². The van der Waals surface area contributed by atoms with E-state index in [1.54, 1.807) is 0 Å². The van der Waals surface area contributed by atoms with E-state index in [9.17, 15) is 13.2 Å². The highest BCUT2D eigenvalue weighted by Crippen LogP contribution is 2.15. The fourth-order valence-electron chi connectivity index (χ4n) is 1.58. The van der Waals surface area contributed by atoms with Crippen molar-refractivity contribution in [1.82, 2.24) is 4.72 Å². The van der Waals surface area contributed by atoms with Gasteiger partial charge < -0.3 is 14.3 Å². The van der Waals surface area contributed by atoms with E-state index in [1.165, 1.54) is 7.11 Å². The van der Waals surface area contributed by atoms with Crippen LogP contribution in [-0.2, 0) is 14.8 Å². The van der Waals surface area contributed by atoms with Crippen LogP contribution in [0.25, 0.3) is 0 Å². The van der Waals surface area contributed by atoms with E-state index < -0.39 is 26.8 Å². The number of furan rings is 1. The molecule has 0 aliphatic rings. The zero-order chi connectivity index (χ0) is 14.5. The smallest absolute Gasteiger partial charge is 0.371 e. The highest BCUT2D eigenvalue weighted by molar-refractivity contribution is 7.89. The van der Waals surface area contributed by atoms with Crippen LogP contribution in [0.1, 0.15) is 30.3 Å². The van der Waals surface area contributed by atoms with E-state index in [4.69, 9.17) is 14.3 Å². The molecule has 0 saturated heterocycles. The van der Waals surface area contributed by atoms with Crippen LogP contribution in [0.3, 0.4) is 0 Å². The highest BCUT2D eigenvalue weighted by atomic mass is 32.2. The number of hydrogen-bond acceptors (Lipinski definition) is 5. The molecule has 0 amide bonds. The molecule has 1 heterocycles. The van der Waals surface area contributed by atoms with Crippen molar-refractivity contribution < 1.29 is 27.5 Å². The highest BCUT2D eigenvalue weighted by Gasteiger charge is 2.24. The Hall–Kier alpha value is -1.38. The number of methoxy groups -OCH3 is 1. The van der Waals surface area contributed by atoms with Crippen molar-refractivity contribution in [3.05, 3.63) is 17.9 Å². The molecule has 108 valence electrons. The predicted octanol–water partition coefficient (Wildman–Crippen LogP) is 1.07. The van der Waals surface area contributed by atoms with Crippen molar-refractivity contribution in [2.75, 3.05) is 13.7 Å². The Morgan fingerprint density at radius 3 is 2.68 bits per heavy atom. The van der Waals surface area contributed by atoms with Gasteiger partial charge in [0.05, 0.1) is 6.61 Å². The van der Waals surface area contributed by atoms with Crippen molar-refractivity contribution in [1.29, 1.82) is 0 Å². The van der Waals surface area contributed by atoms with Crippen LogP contribution in [0.2, 0.25) is 0 Å². The molecule has 0 aromatic carbocycles. The third-order valence-electron chi connectivity index (χ3n) is 2.38. The van der Waals surface area contributed by atoms with Gasteiger partial charge in [0.2, 0.25) is 10.9 Å². The lowest BCUT2D eigenvalue weighted by atomic mass is 10.2. The number of carbonyl (C=O) groups is 1. The van der Waals surface area contributed by atoms with Crippen molar-refractivity contribution >= 4 is 16.0 Å². The van der Waals surface area contributed by atoms with Crippen LogP contribution in [0, 0.1) is 0 Å². The second-order valence-corrected chi connectivity index (χ2v) is 5.63. The lowest BCUT2D eigenvalue weighted by Crippen LogP contribution is -2.37. The molecule has 1 atom stereocenters. The van der Waals surface area contributed by atoms with Crippen LogP contribution in [0.15, 0.2) is 21.6 Å². The average Bonchev–Trinajstić information content (AvgIpc) is 2.79. The second kappa shape index (κ2) is 6.69. The molecule has 0 radical (unpaired) electrons. The Balaban J connectivity index is 2.86. The molecule has 0 saturated carbocycles. The molecule has 7 nitrogen and oxygen atoms in total. The number of carboxylic acids is 1. The zero-order valence-corrected chi connectivity index (χ0v) is 11.6. The van der Waals surface area contributed by atoms with Crippen LogP contribution >= 0.6 is 0 Å². The van der Waals surface area contributed by atoms with Crippen molar-refractivity contribution in [3.8, 4) is 0 Å². The minimum absolute atomic E-state index is 0.236. The summed E-state index contributed by atoms with van der Waals surface area (Å²) >= 11 is 0. The summed E-state index contributed by atoms with van der Waals surface area (Å²) in [5.74, 6) is -1.73. The lowest BCUT2D eigenvalue weighted by molar-refractivity contribution is 0.0656. The Kier molecular flexibility index (Phi) is 5.52. The van der Waals surface area contributed by atoms with Gasteiger partial charge in [0.15, 0.2) is 0 Å². The third-order valence-corrected chi connectivity index (χ3v) is 3.78. The Morgan fingerprint density at radius 1 is 1.53 bits per heavy atom. The second-order valence-electron chi connectivity index (χ2n) is 3.99. The minimum Gasteiger partial charge on any atom is -0.475 e. The van der Waals surface area contributed by atoms with Gasteiger partial charge in [-0.2, -0.15) is 0 Å². The quantitative estimate of drug-likeness (QED) is 0.742. The molecule has 1 rings (SSSR count). The van der Waals surface area contributed by atoms with Gasteiger partial charge in [0, 0.05) is 13.2 Å². The number of sulfonamides is 1. The van der Waals surface area contributed by atoms with E-state index in [0.29, 0.717) is 6.42 Å². The van der Waals surface area contributed by atoms with E-state index in [1.807, 2.05) is 6.92 Å². The van der Waals surface area contributed by atoms with Gasteiger partial charge in [-0.3, -0.25) is 0 Å². The first-order chi connectivity index (χ1) is 8.90. The largest absolute Gasteiger partial charge is 0.475 e. The molecule has 8 heteroatoms. The number of aromatic carboxylic acids is 1. The van der Waals surface area contributed by atoms with Crippen LogP contribution < -0.4 is 4.72 Å². The molecule has 0 bridgehead atoms. The predicted molar refractivity (Wildman–Crippen MR) is 66.6 cm³/mol. The summed E-state index contributed by atoms with van der Waals surface area (Å²) in [5, 5.41) is 8.27. The first kappa shape index (κ1) is 15.7. The van der Waals surface area contributed by atoms with Gasteiger partial charge in [-0.15, -0.1) is 0 Å². The molecule has 0 aliphatic heterocycles. The van der Waals surface area contributed by atoms with Crippen LogP contribution in [-0.4, -0.2) is 39.3 Å². The summed E-state index contributed by atoms with van der Waals surface area (Å²) in [5.41, 5.74) is 0. The molecular formula is C11H17NO6S. The summed E-state index contributed by atoms with van der Waals surface area (Å²) in [7, 11) is -2.40. The number of rotatable bonds is 8. The number of ether oxygens (including phenoxy) is 1. The summed E-state index contributed by atoms with van der Waals surface area (Å²) in [6, 6.07) is 1.84. The van der Waals surface area contributed by atoms with Crippen molar-refractivity contribution in [3.63, 3.8) is 0 Å². The maximum atomic E-state index is 12.0. The molecule has 19 heavy (non-hydrogen) atoms. The van der Waals surface area contributed by atoms with Crippen molar-refractivity contribution in [2.45, 2.75) is 30.9 Å². The van der Waals surface area contributed by atoms with Crippen LogP contribution in [0.4, 0.5) is 0 Å². The number of nitrogens with one attached hydrogen (secondary N) is 1. The molecule has 0 fully saturated rings. The Labute approximate surface area is 111 Å². The summed E-state index contributed by atoms with van der Waals surface area (Å²) in [6.07, 6.45) is 1.40. The maximum Gasteiger partial charge on any atom is 0.371 e. The summed E-state index contributed by atoms with van der Waals surface area (Å²) < 4.78 is 36.1. The summed E-state index contributed by atoms with van der Waals surface area (Å²) in [4.78, 5) is 10.6. The van der Waals surface area contributed by atoms with Gasteiger partial charge in [-0.05, 0) is 18.6 Å². The molecule has 0 aliphatic carbocycles.